The molecule has 1 aromatic heterocycles. The van der Waals surface area contributed by atoms with E-state index in [-0.39, 0.29) is 0 Å². The highest BCUT2D eigenvalue weighted by molar-refractivity contribution is 5.89. The van der Waals surface area contributed by atoms with Crippen molar-refractivity contribution >= 4 is 17.2 Å². The Balaban J connectivity index is 1.63. The van der Waals surface area contributed by atoms with E-state index in [1.54, 1.807) is 6.07 Å². The van der Waals surface area contributed by atoms with Crippen molar-refractivity contribution in [2.45, 2.75) is 19.3 Å². The van der Waals surface area contributed by atoms with Gasteiger partial charge in [0.25, 0.3) is 0 Å². The van der Waals surface area contributed by atoms with Gasteiger partial charge in [-0.15, -0.1) is 5.10 Å². The minimum Gasteiger partial charge on any atom is -0.475 e. The number of ether oxygens (including phenoxy) is 1. The summed E-state index contributed by atoms with van der Waals surface area (Å²) >= 11 is 0. The van der Waals surface area contributed by atoms with Crippen molar-refractivity contribution in [3.8, 4) is 5.88 Å². The van der Waals surface area contributed by atoms with Crippen molar-refractivity contribution in [3.63, 3.8) is 0 Å². The summed E-state index contributed by atoms with van der Waals surface area (Å²) in [6.45, 7) is 3.90. The Labute approximate surface area is 117 Å². The monoisotopic (exact) mass is 273 g/mol. The Morgan fingerprint density at radius 2 is 2.15 bits per heavy atom. The van der Waals surface area contributed by atoms with Crippen LogP contribution in [-0.4, -0.2) is 47.6 Å². The predicted octanol–water partition coefficient (Wildman–Crippen LogP) is 2.24. The molecule has 3 rings (SSSR count). The normalized spacial score (nSPS) is 16.4. The molecule has 1 aliphatic rings. The van der Waals surface area contributed by atoms with Crippen LogP contribution in [0.15, 0.2) is 18.2 Å². The number of carbonyl (C=O) groups is 1. The molecule has 1 fully saturated rings. The van der Waals surface area contributed by atoms with E-state index in [1.165, 1.54) is 32.4 Å². The first-order chi connectivity index (χ1) is 9.86. The molecule has 0 aliphatic carbocycles. The van der Waals surface area contributed by atoms with Gasteiger partial charge < -0.3 is 4.74 Å². The van der Waals surface area contributed by atoms with Crippen LogP contribution in [0.5, 0.6) is 5.88 Å². The molecule has 5 heteroatoms. The molecule has 0 spiro atoms. The molecule has 1 N–H and O–H groups in total. The summed E-state index contributed by atoms with van der Waals surface area (Å²) in [6, 6.07) is 5.43. The van der Waals surface area contributed by atoms with E-state index in [0.29, 0.717) is 18.1 Å². The van der Waals surface area contributed by atoms with Crippen molar-refractivity contribution in [2.75, 3.05) is 26.2 Å². The zero-order valence-corrected chi connectivity index (χ0v) is 11.5. The first-order valence-electron chi connectivity index (χ1n) is 7.15. The van der Waals surface area contributed by atoms with E-state index < -0.39 is 0 Å². The second kappa shape index (κ2) is 6.05. The summed E-state index contributed by atoms with van der Waals surface area (Å²) in [4.78, 5) is 13.3. The van der Waals surface area contributed by atoms with Crippen molar-refractivity contribution < 1.29 is 9.53 Å². The molecule has 0 unspecified atom stereocenters. The zero-order chi connectivity index (χ0) is 13.8. The van der Waals surface area contributed by atoms with Crippen molar-refractivity contribution in [1.82, 2.24) is 15.1 Å². The number of carbonyl (C=O) groups excluding carboxylic acids is 1. The number of hydrogen-bond acceptors (Lipinski definition) is 4. The first kappa shape index (κ1) is 13.1. The lowest BCUT2D eigenvalue weighted by atomic mass is 10.1. The van der Waals surface area contributed by atoms with Crippen LogP contribution < -0.4 is 4.74 Å². The van der Waals surface area contributed by atoms with Gasteiger partial charge in [0, 0.05) is 12.1 Å². The average molecular weight is 273 g/mol. The Kier molecular flexibility index (Phi) is 3.97. The maximum atomic E-state index is 10.8. The summed E-state index contributed by atoms with van der Waals surface area (Å²) in [5.74, 6) is 0.584. The topological polar surface area (TPSA) is 58.2 Å². The summed E-state index contributed by atoms with van der Waals surface area (Å²) in [5.41, 5.74) is 1.53. The summed E-state index contributed by atoms with van der Waals surface area (Å²) < 4.78 is 5.76. The lowest BCUT2D eigenvalue weighted by molar-refractivity contribution is 0.112. The Hall–Kier alpha value is -1.88. The van der Waals surface area contributed by atoms with Gasteiger partial charge in [0.15, 0.2) is 0 Å². The van der Waals surface area contributed by atoms with Gasteiger partial charge in [0.2, 0.25) is 5.88 Å². The predicted molar refractivity (Wildman–Crippen MR) is 77.3 cm³/mol. The molecule has 2 heterocycles. The maximum absolute atomic E-state index is 10.8. The molecule has 20 heavy (non-hydrogen) atoms. The number of nitrogens with zero attached hydrogens (tertiary/aromatic N) is 2. The largest absolute Gasteiger partial charge is 0.475 e. The molecule has 0 saturated carbocycles. The number of aldehydes is 1. The van der Waals surface area contributed by atoms with Crippen LogP contribution in [0.4, 0.5) is 0 Å². The van der Waals surface area contributed by atoms with E-state index in [0.717, 1.165) is 23.7 Å². The second-order valence-electron chi connectivity index (χ2n) is 5.20. The van der Waals surface area contributed by atoms with Crippen LogP contribution in [0.3, 0.4) is 0 Å². The highest BCUT2D eigenvalue weighted by atomic mass is 16.5. The zero-order valence-electron chi connectivity index (χ0n) is 11.5. The molecule has 0 bridgehead atoms. The van der Waals surface area contributed by atoms with Gasteiger partial charge in [-0.1, -0.05) is 6.42 Å². The Morgan fingerprint density at radius 3 is 2.95 bits per heavy atom. The van der Waals surface area contributed by atoms with Crippen LogP contribution in [0.1, 0.15) is 29.6 Å². The van der Waals surface area contributed by atoms with E-state index in [1.807, 2.05) is 12.1 Å². The number of rotatable bonds is 5. The molecule has 2 aromatic rings. The minimum atomic E-state index is 0.584. The van der Waals surface area contributed by atoms with E-state index in [2.05, 4.69) is 15.1 Å². The molecular weight excluding hydrogens is 254 g/mol. The summed E-state index contributed by atoms with van der Waals surface area (Å²) in [7, 11) is 0. The van der Waals surface area contributed by atoms with Gasteiger partial charge in [-0.2, -0.15) is 0 Å². The number of hydrogen-bond donors (Lipinski definition) is 1. The lowest BCUT2D eigenvalue weighted by Crippen LogP contribution is -2.33. The third kappa shape index (κ3) is 2.82. The van der Waals surface area contributed by atoms with Crippen LogP contribution in [0, 0.1) is 0 Å². The molecule has 0 atom stereocenters. The van der Waals surface area contributed by atoms with Gasteiger partial charge in [0.05, 0.1) is 10.9 Å². The fourth-order valence-corrected chi connectivity index (χ4v) is 2.65. The summed E-state index contributed by atoms with van der Waals surface area (Å²) in [6.07, 6.45) is 4.75. The van der Waals surface area contributed by atoms with Gasteiger partial charge in [0.1, 0.15) is 12.9 Å². The van der Waals surface area contributed by atoms with Crippen molar-refractivity contribution in [1.29, 1.82) is 0 Å². The van der Waals surface area contributed by atoms with Gasteiger partial charge in [-0.25, -0.2) is 0 Å². The van der Waals surface area contributed by atoms with Crippen LogP contribution in [0.25, 0.3) is 10.9 Å². The molecule has 5 nitrogen and oxygen atoms in total. The highest BCUT2D eigenvalue weighted by Gasteiger charge is 2.11. The first-order valence-corrected chi connectivity index (χ1v) is 7.15. The van der Waals surface area contributed by atoms with E-state index in [9.17, 15) is 4.79 Å². The smallest absolute Gasteiger partial charge is 0.240 e. The van der Waals surface area contributed by atoms with E-state index >= 15 is 0 Å². The standard InChI is InChI=1S/C15H19N3O2/c19-11-12-4-5-14-13(10-12)15(17-16-14)20-9-8-18-6-2-1-3-7-18/h4-5,10-11H,1-3,6-9H2,(H,16,17). The molecule has 0 radical (unpaired) electrons. The number of H-pyrrole nitrogens is 1. The van der Waals surface area contributed by atoms with Gasteiger partial charge >= 0.3 is 0 Å². The number of aromatic nitrogens is 2. The SMILES string of the molecule is O=Cc1ccc2[nH]nc(OCCN3CCCCC3)c2c1. The van der Waals surface area contributed by atoms with Crippen molar-refractivity contribution in [3.05, 3.63) is 23.8 Å². The van der Waals surface area contributed by atoms with Crippen LogP contribution >= 0.6 is 0 Å². The summed E-state index contributed by atoms with van der Waals surface area (Å²) in [5, 5.41) is 7.96. The number of fused-ring (bicyclic) bond motifs is 1. The number of piperidine rings is 1. The molecule has 1 aliphatic heterocycles. The second-order valence-corrected chi connectivity index (χ2v) is 5.20. The number of benzene rings is 1. The van der Waals surface area contributed by atoms with Crippen LogP contribution in [-0.2, 0) is 0 Å². The molecule has 1 aromatic carbocycles. The molecular formula is C15H19N3O2. The van der Waals surface area contributed by atoms with Gasteiger partial charge in [-0.05, 0) is 44.1 Å². The highest BCUT2D eigenvalue weighted by Crippen LogP contribution is 2.23. The fraction of sp³-hybridized carbons (Fsp3) is 0.467. The Morgan fingerprint density at radius 1 is 1.30 bits per heavy atom. The van der Waals surface area contributed by atoms with E-state index in [4.69, 9.17) is 4.74 Å². The fourth-order valence-electron chi connectivity index (χ4n) is 2.65. The van der Waals surface area contributed by atoms with Crippen LogP contribution in [0.2, 0.25) is 0 Å². The number of nitrogens with one attached hydrogen (secondary N) is 1. The van der Waals surface area contributed by atoms with Gasteiger partial charge in [-0.3, -0.25) is 14.8 Å². The third-order valence-corrected chi connectivity index (χ3v) is 3.78. The van der Waals surface area contributed by atoms with Crippen molar-refractivity contribution in [2.24, 2.45) is 0 Å². The molecule has 0 amide bonds. The quantitative estimate of drug-likeness (QED) is 0.849. The average Bonchev–Trinajstić information content (AvgIpc) is 2.91. The number of aromatic amines is 1. The number of likely N-dealkylation sites (tertiary alicyclic amines) is 1. The minimum absolute atomic E-state index is 0.584. The maximum Gasteiger partial charge on any atom is 0.240 e. The lowest BCUT2D eigenvalue weighted by Gasteiger charge is -2.25. The Bertz CT molecular complexity index is 588. The third-order valence-electron chi connectivity index (χ3n) is 3.78. The molecule has 1 saturated heterocycles. The molecule has 106 valence electrons.